The van der Waals surface area contributed by atoms with Gasteiger partial charge in [-0.25, -0.2) is 4.98 Å². The Bertz CT molecular complexity index is 890. The SMILES string of the molecule is O=C(c1ccccc1C(F)(F)F)N1CCN(c2ccnc(N3CCCCC3)n2)CC1. The summed E-state index contributed by atoms with van der Waals surface area (Å²) in [6.07, 6.45) is 0.675. The first kappa shape index (κ1) is 20.4. The summed E-state index contributed by atoms with van der Waals surface area (Å²) in [5, 5.41) is 0. The van der Waals surface area contributed by atoms with Crippen molar-refractivity contribution in [1.82, 2.24) is 14.9 Å². The number of halogens is 3. The van der Waals surface area contributed by atoms with Crippen LogP contribution in [0.1, 0.15) is 35.2 Å². The number of piperidine rings is 1. The van der Waals surface area contributed by atoms with E-state index in [2.05, 4.69) is 19.8 Å². The predicted octanol–water partition coefficient (Wildman–Crippen LogP) is 3.45. The molecule has 6 nitrogen and oxygen atoms in total. The fourth-order valence-corrected chi connectivity index (χ4v) is 3.99. The molecule has 2 aliphatic heterocycles. The van der Waals surface area contributed by atoms with E-state index < -0.39 is 17.6 Å². The largest absolute Gasteiger partial charge is 0.417 e. The number of carbonyl (C=O) groups is 1. The monoisotopic (exact) mass is 419 g/mol. The number of nitrogens with zero attached hydrogens (tertiary/aromatic N) is 5. The molecular formula is C21H24F3N5O. The number of anilines is 2. The van der Waals surface area contributed by atoms with E-state index in [1.807, 2.05) is 6.07 Å². The third-order valence-corrected chi connectivity index (χ3v) is 5.62. The van der Waals surface area contributed by atoms with Gasteiger partial charge in [0.15, 0.2) is 0 Å². The predicted molar refractivity (Wildman–Crippen MR) is 108 cm³/mol. The Labute approximate surface area is 173 Å². The van der Waals surface area contributed by atoms with Gasteiger partial charge in [-0.1, -0.05) is 12.1 Å². The van der Waals surface area contributed by atoms with E-state index in [-0.39, 0.29) is 5.56 Å². The van der Waals surface area contributed by atoms with Crippen LogP contribution in [-0.4, -0.2) is 60.0 Å². The highest BCUT2D eigenvalue weighted by Crippen LogP contribution is 2.32. The molecule has 2 aromatic rings. The highest BCUT2D eigenvalue weighted by Gasteiger charge is 2.36. The first-order valence-electron chi connectivity index (χ1n) is 10.2. The van der Waals surface area contributed by atoms with E-state index in [0.29, 0.717) is 32.1 Å². The van der Waals surface area contributed by atoms with Crippen LogP contribution in [-0.2, 0) is 6.18 Å². The third-order valence-electron chi connectivity index (χ3n) is 5.62. The van der Waals surface area contributed by atoms with Crippen LogP contribution in [0.2, 0.25) is 0 Å². The molecule has 160 valence electrons. The number of amides is 1. The fraction of sp³-hybridized carbons (Fsp3) is 0.476. The van der Waals surface area contributed by atoms with Crippen LogP contribution in [0.3, 0.4) is 0 Å². The lowest BCUT2D eigenvalue weighted by molar-refractivity contribution is -0.138. The van der Waals surface area contributed by atoms with Gasteiger partial charge in [-0.2, -0.15) is 18.2 Å². The number of rotatable bonds is 3. The third kappa shape index (κ3) is 4.34. The van der Waals surface area contributed by atoms with Gasteiger partial charge in [-0.3, -0.25) is 4.79 Å². The molecule has 0 unspecified atom stereocenters. The highest BCUT2D eigenvalue weighted by molar-refractivity contribution is 5.96. The molecule has 1 amide bonds. The molecule has 0 bridgehead atoms. The number of carbonyl (C=O) groups excluding carboxylic acids is 1. The molecule has 0 radical (unpaired) electrons. The first-order chi connectivity index (χ1) is 14.4. The van der Waals surface area contributed by atoms with E-state index >= 15 is 0 Å². The van der Waals surface area contributed by atoms with Crippen molar-refractivity contribution in [3.63, 3.8) is 0 Å². The lowest BCUT2D eigenvalue weighted by atomic mass is 10.1. The summed E-state index contributed by atoms with van der Waals surface area (Å²) in [6.45, 7) is 3.60. The smallest absolute Gasteiger partial charge is 0.353 e. The molecule has 1 aromatic carbocycles. The summed E-state index contributed by atoms with van der Waals surface area (Å²) in [5.74, 6) is 0.914. The van der Waals surface area contributed by atoms with Gasteiger partial charge in [-0.15, -0.1) is 0 Å². The Balaban J connectivity index is 1.43. The van der Waals surface area contributed by atoms with E-state index in [4.69, 9.17) is 0 Å². The summed E-state index contributed by atoms with van der Waals surface area (Å²) in [4.78, 5) is 27.5. The van der Waals surface area contributed by atoms with Crippen molar-refractivity contribution >= 4 is 17.7 Å². The van der Waals surface area contributed by atoms with Gasteiger partial charge in [-0.05, 0) is 37.5 Å². The van der Waals surface area contributed by atoms with Gasteiger partial charge in [0, 0.05) is 45.5 Å². The second-order valence-electron chi connectivity index (χ2n) is 7.59. The zero-order valence-electron chi connectivity index (χ0n) is 16.6. The summed E-state index contributed by atoms with van der Waals surface area (Å²) in [7, 11) is 0. The Hall–Kier alpha value is -2.84. The van der Waals surface area contributed by atoms with Crippen molar-refractivity contribution in [2.45, 2.75) is 25.4 Å². The molecule has 3 heterocycles. The molecule has 4 rings (SSSR count). The van der Waals surface area contributed by atoms with Crippen molar-refractivity contribution in [2.24, 2.45) is 0 Å². The van der Waals surface area contributed by atoms with Crippen molar-refractivity contribution in [2.75, 3.05) is 49.1 Å². The van der Waals surface area contributed by atoms with Gasteiger partial charge < -0.3 is 14.7 Å². The Morgan fingerprint density at radius 3 is 2.27 bits per heavy atom. The molecule has 1 aromatic heterocycles. The van der Waals surface area contributed by atoms with Crippen LogP contribution in [0, 0.1) is 0 Å². The Morgan fingerprint density at radius 1 is 0.867 bits per heavy atom. The van der Waals surface area contributed by atoms with Crippen LogP contribution >= 0.6 is 0 Å². The van der Waals surface area contributed by atoms with Crippen molar-refractivity contribution in [3.05, 3.63) is 47.7 Å². The molecule has 2 saturated heterocycles. The Kier molecular flexibility index (Phi) is 5.78. The van der Waals surface area contributed by atoms with E-state index in [0.717, 1.165) is 37.8 Å². The molecule has 2 aliphatic rings. The van der Waals surface area contributed by atoms with Gasteiger partial charge in [0.2, 0.25) is 5.95 Å². The van der Waals surface area contributed by atoms with Crippen molar-refractivity contribution in [1.29, 1.82) is 0 Å². The summed E-state index contributed by atoms with van der Waals surface area (Å²) in [6, 6.07) is 6.79. The van der Waals surface area contributed by atoms with Crippen LogP contribution in [0.15, 0.2) is 36.5 Å². The van der Waals surface area contributed by atoms with Crippen LogP contribution in [0.5, 0.6) is 0 Å². The summed E-state index contributed by atoms with van der Waals surface area (Å²) < 4.78 is 39.8. The number of alkyl halides is 3. The van der Waals surface area contributed by atoms with Crippen LogP contribution in [0.4, 0.5) is 24.9 Å². The zero-order valence-corrected chi connectivity index (χ0v) is 16.6. The average molecular weight is 419 g/mol. The number of hydrogen-bond donors (Lipinski definition) is 0. The zero-order chi connectivity index (χ0) is 21.1. The molecule has 30 heavy (non-hydrogen) atoms. The molecule has 0 atom stereocenters. The number of hydrogen-bond acceptors (Lipinski definition) is 5. The lowest BCUT2D eigenvalue weighted by Gasteiger charge is -2.36. The molecule has 0 aliphatic carbocycles. The quantitative estimate of drug-likeness (QED) is 0.763. The topological polar surface area (TPSA) is 52.6 Å². The first-order valence-corrected chi connectivity index (χ1v) is 10.2. The van der Waals surface area contributed by atoms with E-state index in [1.165, 1.54) is 29.5 Å². The normalized spacial score (nSPS) is 17.9. The van der Waals surface area contributed by atoms with Crippen molar-refractivity contribution < 1.29 is 18.0 Å². The van der Waals surface area contributed by atoms with Gasteiger partial charge in [0.05, 0.1) is 11.1 Å². The minimum Gasteiger partial charge on any atom is -0.353 e. The molecule has 9 heteroatoms. The van der Waals surface area contributed by atoms with Crippen LogP contribution in [0.25, 0.3) is 0 Å². The maximum Gasteiger partial charge on any atom is 0.417 e. The maximum absolute atomic E-state index is 13.3. The minimum atomic E-state index is -4.56. The van der Waals surface area contributed by atoms with Gasteiger partial charge in [0.1, 0.15) is 5.82 Å². The second kappa shape index (κ2) is 8.49. The molecule has 0 saturated carbocycles. The number of aromatic nitrogens is 2. The van der Waals surface area contributed by atoms with Gasteiger partial charge >= 0.3 is 6.18 Å². The number of piperazine rings is 1. The molecule has 0 N–H and O–H groups in total. The second-order valence-corrected chi connectivity index (χ2v) is 7.59. The lowest BCUT2D eigenvalue weighted by Crippen LogP contribution is -2.49. The van der Waals surface area contributed by atoms with Gasteiger partial charge in [0.25, 0.3) is 5.91 Å². The number of benzene rings is 1. The average Bonchev–Trinajstić information content (AvgIpc) is 2.79. The van der Waals surface area contributed by atoms with Crippen LogP contribution < -0.4 is 9.80 Å². The summed E-state index contributed by atoms with van der Waals surface area (Å²) >= 11 is 0. The fourth-order valence-electron chi connectivity index (χ4n) is 3.99. The summed E-state index contributed by atoms with van der Waals surface area (Å²) in [5.41, 5.74) is -1.19. The standard InChI is InChI=1S/C21H24F3N5O/c22-21(23,24)17-7-3-2-6-16(17)19(30)28-14-12-27(13-15-28)18-8-9-25-20(26-18)29-10-4-1-5-11-29/h2-3,6-9H,1,4-5,10-15H2. The maximum atomic E-state index is 13.3. The molecular weight excluding hydrogens is 395 g/mol. The Morgan fingerprint density at radius 2 is 1.57 bits per heavy atom. The van der Waals surface area contributed by atoms with Crippen molar-refractivity contribution in [3.8, 4) is 0 Å². The minimum absolute atomic E-state index is 0.298. The van der Waals surface area contributed by atoms with E-state index in [9.17, 15) is 18.0 Å². The molecule has 2 fully saturated rings. The highest BCUT2D eigenvalue weighted by atomic mass is 19.4. The van der Waals surface area contributed by atoms with E-state index in [1.54, 1.807) is 6.20 Å². The molecule has 0 spiro atoms.